The van der Waals surface area contributed by atoms with Gasteiger partial charge in [0.1, 0.15) is 5.56 Å². The van der Waals surface area contributed by atoms with Gasteiger partial charge in [0.25, 0.3) is 11.6 Å². The molecular weight excluding hydrogens is 374 g/mol. The van der Waals surface area contributed by atoms with Gasteiger partial charge in [0.15, 0.2) is 6.61 Å². The van der Waals surface area contributed by atoms with Crippen molar-refractivity contribution in [3.8, 4) is 0 Å². The molecule has 138 valence electrons. The highest BCUT2D eigenvalue weighted by atomic mass is 35.5. The van der Waals surface area contributed by atoms with Crippen molar-refractivity contribution in [2.75, 3.05) is 13.2 Å². The number of nitrogens with zero attached hydrogens (tertiary/aromatic N) is 3. The van der Waals surface area contributed by atoms with Gasteiger partial charge in [-0.3, -0.25) is 14.9 Å². The van der Waals surface area contributed by atoms with Crippen molar-refractivity contribution >= 4 is 34.9 Å². The molecule has 1 aliphatic heterocycles. The van der Waals surface area contributed by atoms with Gasteiger partial charge < -0.3 is 4.74 Å². The first-order chi connectivity index (χ1) is 13.0. The van der Waals surface area contributed by atoms with Gasteiger partial charge in [0.2, 0.25) is 0 Å². The number of hydrogen-bond donors (Lipinski definition) is 0. The van der Waals surface area contributed by atoms with Crippen LogP contribution in [0.25, 0.3) is 0 Å². The van der Waals surface area contributed by atoms with Gasteiger partial charge in [-0.15, -0.1) is 0 Å². The molecule has 8 nitrogen and oxygen atoms in total. The molecule has 2 aromatic rings. The van der Waals surface area contributed by atoms with E-state index in [1.54, 1.807) is 0 Å². The molecule has 0 bridgehead atoms. The molecule has 0 aromatic heterocycles. The van der Waals surface area contributed by atoms with E-state index >= 15 is 0 Å². The predicted molar refractivity (Wildman–Crippen MR) is 97.7 cm³/mol. The number of benzene rings is 2. The van der Waals surface area contributed by atoms with Crippen LogP contribution in [0.2, 0.25) is 5.02 Å². The average Bonchev–Trinajstić information content (AvgIpc) is 3.16. The van der Waals surface area contributed by atoms with Gasteiger partial charge in [-0.25, -0.2) is 9.80 Å². The van der Waals surface area contributed by atoms with Crippen molar-refractivity contribution < 1.29 is 19.2 Å². The molecule has 0 aliphatic carbocycles. The number of halogens is 1. The zero-order valence-electron chi connectivity index (χ0n) is 14.0. The van der Waals surface area contributed by atoms with Crippen molar-refractivity contribution in [2.45, 2.75) is 6.42 Å². The average molecular weight is 388 g/mol. The van der Waals surface area contributed by atoms with Gasteiger partial charge in [-0.2, -0.15) is 5.10 Å². The smallest absolute Gasteiger partial charge is 0.345 e. The topological polar surface area (TPSA) is 102 Å². The van der Waals surface area contributed by atoms with Crippen LogP contribution in [-0.4, -0.2) is 40.7 Å². The highest BCUT2D eigenvalue weighted by molar-refractivity contribution is 6.31. The zero-order valence-corrected chi connectivity index (χ0v) is 14.8. The third-order valence-electron chi connectivity index (χ3n) is 3.90. The molecule has 2 aromatic carbocycles. The number of hydrazone groups is 1. The highest BCUT2D eigenvalue weighted by Gasteiger charge is 2.25. The fourth-order valence-electron chi connectivity index (χ4n) is 2.58. The maximum absolute atomic E-state index is 12.2. The summed E-state index contributed by atoms with van der Waals surface area (Å²) in [4.78, 5) is 34.6. The van der Waals surface area contributed by atoms with E-state index in [0.29, 0.717) is 13.0 Å². The SMILES string of the molecule is O=C(OCC(=O)N1CCC(c2ccccc2)=N1)c1ccc(Cl)cc1[N+](=O)[O-]. The molecular formula is C18H14ClN3O5. The maximum Gasteiger partial charge on any atom is 0.345 e. The molecule has 0 saturated carbocycles. The molecule has 0 fully saturated rings. The first-order valence-electron chi connectivity index (χ1n) is 8.00. The lowest BCUT2D eigenvalue weighted by Crippen LogP contribution is -2.28. The standard InChI is InChI=1S/C18H14ClN3O5/c19-13-6-7-14(16(10-13)22(25)26)18(24)27-11-17(23)21-9-8-15(20-21)12-4-2-1-3-5-12/h1-7,10H,8-9,11H2. The molecule has 9 heteroatoms. The van der Waals surface area contributed by atoms with Gasteiger partial charge in [-0.1, -0.05) is 41.9 Å². The van der Waals surface area contributed by atoms with E-state index in [2.05, 4.69) is 5.10 Å². The summed E-state index contributed by atoms with van der Waals surface area (Å²) in [6.07, 6.45) is 0.590. The van der Waals surface area contributed by atoms with Gasteiger partial charge in [0, 0.05) is 17.5 Å². The minimum absolute atomic E-state index is 0.120. The van der Waals surface area contributed by atoms with Crippen LogP contribution in [0.5, 0.6) is 0 Å². The Morgan fingerprint density at radius 2 is 1.96 bits per heavy atom. The lowest BCUT2D eigenvalue weighted by atomic mass is 10.1. The Bertz CT molecular complexity index is 930. The lowest BCUT2D eigenvalue weighted by molar-refractivity contribution is -0.385. The summed E-state index contributed by atoms with van der Waals surface area (Å²) in [5.74, 6) is -1.48. The van der Waals surface area contributed by atoms with E-state index in [0.717, 1.165) is 17.3 Å². The van der Waals surface area contributed by atoms with E-state index in [-0.39, 0.29) is 10.6 Å². The Kier molecular flexibility index (Phi) is 5.46. The normalized spacial score (nSPS) is 13.2. The Labute approximate surface area is 159 Å². The number of esters is 1. The Hall–Kier alpha value is -3.26. The summed E-state index contributed by atoms with van der Waals surface area (Å²) in [7, 11) is 0. The summed E-state index contributed by atoms with van der Waals surface area (Å²) >= 11 is 5.71. The van der Waals surface area contributed by atoms with Crippen molar-refractivity contribution in [2.24, 2.45) is 5.10 Å². The molecule has 1 amide bonds. The monoisotopic (exact) mass is 387 g/mol. The molecule has 0 radical (unpaired) electrons. The second-order valence-electron chi connectivity index (χ2n) is 5.67. The van der Waals surface area contributed by atoms with Crippen LogP contribution in [0.1, 0.15) is 22.3 Å². The van der Waals surface area contributed by atoms with Crippen LogP contribution >= 0.6 is 11.6 Å². The first kappa shape index (κ1) is 18.5. The van der Waals surface area contributed by atoms with Crippen LogP contribution in [0.4, 0.5) is 5.69 Å². The number of amides is 1. The van der Waals surface area contributed by atoms with Gasteiger partial charge in [0.05, 0.1) is 17.2 Å². The van der Waals surface area contributed by atoms with Gasteiger partial charge in [-0.05, 0) is 17.7 Å². The van der Waals surface area contributed by atoms with Crippen LogP contribution < -0.4 is 0 Å². The third-order valence-corrected chi connectivity index (χ3v) is 4.13. The van der Waals surface area contributed by atoms with E-state index in [9.17, 15) is 19.7 Å². The number of rotatable bonds is 5. The van der Waals surface area contributed by atoms with Crippen LogP contribution in [0.15, 0.2) is 53.6 Å². The Morgan fingerprint density at radius 1 is 1.22 bits per heavy atom. The Morgan fingerprint density at radius 3 is 2.67 bits per heavy atom. The van der Waals surface area contributed by atoms with Crippen molar-refractivity contribution in [1.82, 2.24) is 5.01 Å². The molecule has 27 heavy (non-hydrogen) atoms. The summed E-state index contributed by atoms with van der Waals surface area (Å²) < 4.78 is 4.93. The van der Waals surface area contributed by atoms with Gasteiger partial charge >= 0.3 is 5.97 Å². The number of nitro benzene ring substituents is 1. The number of carbonyl (C=O) groups excluding carboxylic acids is 2. The van der Waals surface area contributed by atoms with E-state index < -0.39 is 29.1 Å². The molecule has 1 heterocycles. The summed E-state index contributed by atoms with van der Waals surface area (Å²) in [5.41, 5.74) is 0.933. The second kappa shape index (κ2) is 7.96. The largest absolute Gasteiger partial charge is 0.452 e. The van der Waals surface area contributed by atoms with E-state index in [1.165, 1.54) is 17.1 Å². The molecule has 0 saturated heterocycles. The number of nitro groups is 1. The third kappa shape index (κ3) is 4.29. The van der Waals surface area contributed by atoms with Crippen LogP contribution in [0, 0.1) is 10.1 Å². The molecule has 0 N–H and O–H groups in total. The highest BCUT2D eigenvalue weighted by Crippen LogP contribution is 2.24. The number of hydrogen-bond acceptors (Lipinski definition) is 6. The number of ether oxygens (including phenoxy) is 1. The van der Waals surface area contributed by atoms with Crippen LogP contribution in [0.3, 0.4) is 0 Å². The number of carbonyl (C=O) groups is 2. The minimum atomic E-state index is -0.974. The molecule has 0 unspecified atom stereocenters. The molecule has 0 atom stereocenters. The Balaban J connectivity index is 1.64. The van der Waals surface area contributed by atoms with Crippen molar-refractivity contribution in [3.63, 3.8) is 0 Å². The fraction of sp³-hybridized carbons (Fsp3) is 0.167. The van der Waals surface area contributed by atoms with Crippen molar-refractivity contribution in [1.29, 1.82) is 0 Å². The first-order valence-corrected chi connectivity index (χ1v) is 8.38. The summed E-state index contributed by atoms with van der Waals surface area (Å²) in [6.45, 7) is -0.189. The van der Waals surface area contributed by atoms with E-state index in [4.69, 9.17) is 16.3 Å². The quantitative estimate of drug-likeness (QED) is 0.445. The molecule has 3 rings (SSSR count). The van der Waals surface area contributed by atoms with Crippen molar-refractivity contribution in [3.05, 3.63) is 74.8 Å². The van der Waals surface area contributed by atoms with Crippen LogP contribution in [-0.2, 0) is 9.53 Å². The summed E-state index contributed by atoms with van der Waals surface area (Å²) in [5, 5.41) is 16.6. The summed E-state index contributed by atoms with van der Waals surface area (Å²) in [6, 6.07) is 13.0. The lowest BCUT2D eigenvalue weighted by Gasteiger charge is -2.11. The fourth-order valence-corrected chi connectivity index (χ4v) is 2.74. The zero-order chi connectivity index (χ0) is 19.4. The van der Waals surface area contributed by atoms with E-state index in [1.807, 2.05) is 30.3 Å². The maximum atomic E-state index is 12.2. The second-order valence-corrected chi connectivity index (χ2v) is 6.11. The minimum Gasteiger partial charge on any atom is -0.452 e. The predicted octanol–water partition coefficient (Wildman–Crippen LogP) is 3.04. The molecule has 1 aliphatic rings. The molecule has 0 spiro atoms.